The smallest absolute Gasteiger partial charge is 0.408 e. The van der Waals surface area contributed by atoms with Gasteiger partial charge in [0.1, 0.15) is 17.3 Å². The summed E-state index contributed by atoms with van der Waals surface area (Å²) in [6.07, 6.45) is 8.79. The lowest BCUT2D eigenvalue weighted by Crippen LogP contribution is -2.69. The molecule has 0 radical (unpaired) electrons. The summed E-state index contributed by atoms with van der Waals surface area (Å²) < 4.78 is 25.4. The Morgan fingerprint density at radius 3 is 1.84 bits per heavy atom. The summed E-state index contributed by atoms with van der Waals surface area (Å²) in [5.74, 6) is 2.81. The van der Waals surface area contributed by atoms with Crippen molar-refractivity contribution in [2.45, 2.75) is 189 Å². The average Bonchev–Trinajstić information content (AvgIpc) is 3.52. The summed E-state index contributed by atoms with van der Waals surface area (Å²) in [6, 6.07) is 19.6. The first-order chi connectivity index (χ1) is 28.4. The lowest BCUT2D eigenvalue weighted by atomic mass is 9.44. The van der Waals surface area contributed by atoms with Gasteiger partial charge in [0.2, 0.25) is 0 Å². The number of nitrogens with one attached hydrogen (secondary N) is 1. The van der Waals surface area contributed by atoms with Gasteiger partial charge in [-0.3, -0.25) is 4.79 Å². The minimum absolute atomic E-state index is 0.0700. The fourth-order valence-electron chi connectivity index (χ4n) is 13.2. The van der Waals surface area contributed by atoms with E-state index in [1.165, 1.54) is 32.1 Å². The Labute approximate surface area is 369 Å². The predicted molar refractivity (Wildman–Crippen MR) is 246 cm³/mol. The molecule has 4 fully saturated rings. The molecule has 2 aromatic rings. The topological polar surface area (TPSA) is 100 Å². The molecule has 4 saturated carbocycles. The standard InChI is InChI=1S/C52H79NO7Si/c1-34(32-44(54)58-48(3,4)5)41-26-27-42-40-25-24-36-33-37(28-30-51(36,12)43(40)29-31-52(41,42)13)57-46(55)45(53-47(56)59-49(6,7)8)35(2)60-61(50(9,10)11,38-20-16-14-17-21-38)39-22-18-15-19-23-39/h14-23,34-37,40-43,45H,24-33H2,1-13H3,(H,53,56)/t34-,35?,36?,37-,40?,41?,42?,43?,45+,51+,52-/m1/s1. The number of alkyl carbamates (subject to hydrolysis) is 1. The van der Waals surface area contributed by atoms with Crippen LogP contribution in [0.3, 0.4) is 0 Å². The van der Waals surface area contributed by atoms with Gasteiger partial charge in [-0.05, 0) is 168 Å². The van der Waals surface area contributed by atoms with Crippen molar-refractivity contribution in [2.75, 3.05) is 0 Å². The van der Waals surface area contributed by atoms with Crippen molar-refractivity contribution in [2.24, 2.45) is 46.3 Å². The van der Waals surface area contributed by atoms with Crippen molar-refractivity contribution >= 4 is 36.7 Å². The molecular formula is C52H79NO7Si. The van der Waals surface area contributed by atoms with E-state index in [4.69, 9.17) is 18.6 Å². The van der Waals surface area contributed by atoms with Gasteiger partial charge in [0.15, 0.2) is 6.04 Å². The van der Waals surface area contributed by atoms with Gasteiger partial charge >= 0.3 is 18.0 Å². The lowest BCUT2D eigenvalue weighted by molar-refractivity contribution is -0.167. The number of benzene rings is 2. The third-order valence-corrected chi connectivity index (χ3v) is 20.9. The van der Waals surface area contributed by atoms with Gasteiger partial charge < -0.3 is 24.0 Å². The molecule has 9 heteroatoms. The highest BCUT2D eigenvalue weighted by atomic mass is 28.4. The highest BCUT2D eigenvalue weighted by Gasteiger charge is 2.61. The second kappa shape index (κ2) is 17.8. The fourth-order valence-corrected chi connectivity index (χ4v) is 17.9. The quantitative estimate of drug-likeness (QED) is 0.136. The zero-order valence-electron chi connectivity index (χ0n) is 39.9. The first kappa shape index (κ1) is 47.3. The summed E-state index contributed by atoms with van der Waals surface area (Å²) in [7, 11) is -3.08. The number of hydrogen-bond acceptors (Lipinski definition) is 7. The van der Waals surface area contributed by atoms with Crippen LogP contribution in [-0.4, -0.2) is 55.8 Å². The van der Waals surface area contributed by atoms with Crippen LogP contribution < -0.4 is 15.7 Å². The van der Waals surface area contributed by atoms with E-state index in [0.29, 0.717) is 41.9 Å². The monoisotopic (exact) mass is 858 g/mol. The van der Waals surface area contributed by atoms with Crippen molar-refractivity contribution in [3.63, 3.8) is 0 Å². The maximum absolute atomic E-state index is 14.6. The molecule has 8 nitrogen and oxygen atoms in total. The molecule has 1 amide bonds. The van der Waals surface area contributed by atoms with Crippen LogP contribution in [0, 0.1) is 46.3 Å². The third kappa shape index (κ3) is 9.98. The summed E-state index contributed by atoms with van der Waals surface area (Å²) in [6.45, 7) is 27.2. The molecule has 0 spiro atoms. The Balaban J connectivity index is 1.18. The van der Waals surface area contributed by atoms with Crippen LogP contribution >= 0.6 is 0 Å². The van der Waals surface area contributed by atoms with Crippen LogP contribution in [0.25, 0.3) is 0 Å². The van der Waals surface area contributed by atoms with Crippen molar-refractivity contribution in [1.29, 1.82) is 0 Å². The van der Waals surface area contributed by atoms with Gasteiger partial charge in [-0.25, -0.2) is 9.59 Å². The first-order valence-electron chi connectivity index (χ1n) is 23.6. The molecule has 338 valence electrons. The van der Waals surface area contributed by atoms with Crippen LogP contribution in [-0.2, 0) is 28.2 Å². The Bertz CT molecular complexity index is 1790. The number of carbonyl (C=O) groups excluding carboxylic acids is 3. The van der Waals surface area contributed by atoms with E-state index in [0.717, 1.165) is 36.1 Å². The minimum atomic E-state index is -3.08. The van der Waals surface area contributed by atoms with E-state index in [-0.39, 0.29) is 27.9 Å². The van der Waals surface area contributed by atoms with E-state index in [2.05, 4.69) is 71.1 Å². The molecule has 11 atom stereocenters. The number of fused-ring (bicyclic) bond motifs is 5. The maximum Gasteiger partial charge on any atom is 0.408 e. The normalized spacial score (nSPS) is 30.7. The van der Waals surface area contributed by atoms with Crippen molar-refractivity contribution in [3.05, 3.63) is 60.7 Å². The number of rotatable bonds is 11. The summed E-state index contributed by atoms with van der Waals surface area (Å²) >= 11 is 0. The average molecular weight is 858 g/mol. The van der Waals surface area contributed by atoms with Gasteiger partial charge in [-0.1, -0.05) is 102 Å². The second-order valence-electron chi connectivity index (χ2n) is 23.1. The Kier molecular flexibility index (Phi) is 13.8. The van der Waals surface area contributed by atoms with E-state index in [1.807, 2.05) is 84.9 Å². The summed E-state index contributed by atoms with van der Waals surface area (Å²) in [4.78, 5) is 41.0. The third-order valence-electron chi connectivity index (χ3n) is 15.7. The Hall–Kier alpha value is -3.17. The SMILES string of the molecule is CC(O[Si](c1ccccc1)(c1ccccc1)C(C)(C)C)[C@H](NC(=O)OC(C)(C)C)C(=O)O[C@@H]1CC[C@@]2(C)C(CCC3C2CC[C@@]2(C)C3CCC2[C@H](C)CC(=O)OC(C)(C)C)C1. The van der Waals surface area contributed by atoms with Crippen LogP contribution in [0.2, 0.25) is 5.04 Å². The molecule has 6 rings (SSSR count). The number of esters is 2. The number of hydrogen-bond donors (Lipinski definition) is 1. The molecule has 0 bridgehead atoms. The van der Waals surface area contributed by atoms with Gasteiger partial charge in [-0.2, -0.15) is 0 Å². The molecule has 2 aromatic carbocycles. The van der Waals surface area contributed by atoms with Gasteiger partial charge in [0, 0.05) is 6.42 Å². The van der Waals surface area contributed by atoms with Crippen molar-refractivity contribution < 1.29 is 33.0 Å². The molecule has 1 N–H and O–H groups in total. The van der Waals surface area contributed by atoms with Crippen LogP contribution in [0.1, 0.15) is 154 Å². The minimum Gasteiger partial charge on any atom is -0.461 e. The molecule has 4 aliphatic rings. The molecule has 0 aromatic heterocycles. The molecule has 6 unspecified atom stereocenters. The second-order valence-corrected chi connectivity index (χ2v) is 27.3. The van der Waals surface area contributed by atoms with Crippen molar-refractivity contribution in [1.82, 2.24) is 5.32 Å². The van der Waals surface area contributed by atoms with E-state index >= 15 is 0 Å². The van der Waals surface area contributed by atoms with Crippen molar-refractivity contribution in [3.8, 4) is 0 Å². The highest BCUT2D eigenvalue weighted by molar-refractivity contribution is 6.99. The number of amides is 1. The molecule has 0 saturated heterocycles. The fraction of sp³-hybridized carbons (Fsp3) is 0.712. The highest BCUT2D eigenvalue weighted by Crippen LogP contribution is 2.68. The Morgan fingerprint density at radius 1 is 0.721 bits per heavy atom. The Morgan fingerprint density at radius 2 is 1.28 bits per heavy atom. The zero-order valence-corrected chi connectivity index (χ0v) is 40.9. The molecule has 4 aliphatic carbocycles. The molecule has 0 aliphatic heterocycles. The molecular weight excluding hydrogens is 779 g/mol. The van der Waals surface area contributed by atoms with Crippen LogP contribution in [0.4, 0.5) is 4.79 Å². The number of ether oxygens (including phenoxy) is 3. The first-order valence-corrected chi connectivity index (χ1v) is 25.5. The molecule has 61 heavy (non-hydrogen) atoms. The summed E-state index contributed by atoms with van der Waals surface area (Å²) in [5.41, 5.74) is -0.760. The van der Waals surface area contributed by atoms with Crippen LogP contribution in [0.15, 0.2) is 60.7 Å². The van der Waals surface area contributed by atoms with Gasteiger partial charge in [-0.15, -0.1) is 0 Å². The predicted octanol–water partition coefficient (Wildman–Crippen LogP) is 10.8. The largest absolute Gasteiger partial charge is 0.461 e. The van der Waals surface area contributed by atoms with Crippen LogP contribution in [0.5, 0.6) is 0 Å². The van der Waals surface area contributed by atoms with E-state index < -0.39 is 43.7 Å². The lowest BCUT2D eigenvalue weighted by Gasteiger charge is -2.61. The zero-order chi connectivity index (χ0) is 44.8. The van der Waals surface area contributed by atoms with Gasteiger partial charge in [0.05, 0.1) is 6.10 Å². The van der Waals surface area contributed by atoms with E-state index in [9.17, 15) is 14.4 Å². The maximum atomic E-state index is 14.6. The molecule has 0 heterocycles. The summed E-state index contributed by atoms with van der Waals surface area (Å²) in [5, 5.41) is 4.80. The van der Waals surface area contributed by atoms with E-state index in [1.54, 1.807) is 0 Å². The number of carbonyl (C=O) groups is 3. The van der Waals surface area contributed by atoms with Gasteiger partial charge in [0.25, 0.3) is 8.32 Å².